The number of methoxy groups -OCH3 is 2. The van der Waals surface area contributed by atoms with Crippen molar-refractivity contribution >= 4 is 5.91 Å². The molecule has 100 valence electrons. The van der Waals surface area contributed by atoms with Crippen LogP contribution in [-0.2, 0) is 19.0 Å². The molecule has 1 aliphatic rings. The Morgan fingerprint density at radius 1 is 1.35 bits per heavy atom. The van der Waals surface area contributed by atoms with Gasteiger partial charge in [-0.05, 0) is 6.92 Å². The average molecular weight is 247 g/mol. The van der Waals surface area contributed by atoms with Crippen LogP contribution in [-0.4, -0.2) is 62.3 Å². The zero-order chi connectivity index (χ0) is 13.0. The number of nitrogens with one attached hydrogen (secondary N) is 1. The first-order valence-corrected chi connectivity index (χ1v) is 5.64. The smallest absolute Gasteiger partial charge is 0.217 e. The van der Waals surface area contributed by atoms with Gasteiger partial charge < -0.3 is 24.6 Å². The summed E-state index contributed by atoms with van der Waals surface area (Å²) in [5, 5.41) is 12.0. The summed E-state index contributed by atoms with van der Waals surface area (Å²) < 4.78 is 16.3. The molecule has 1 saturated heterocycles. The van der Waals surface area contributed by atoms with E-state index in [-0.39, 0.29) is 30.8 Å². The van der Waals surface area contributed by atoms with Gasteiger partial charge in [0, 0.05) is 21.1 Å². The molecule has 5 atom stereocenters. The van der Waals surface area contributed by atoms with Crippen molar-refractivity contribution in [2.45, 2.75) is 44.3 Å². The number of aliphatic hydroxyl groups excluding tert-OH is 1. The van der Waals surface area contributed by atoms with Crippen LogP contribution < -0.4 is 5.32 Å². The van der Waals surface area contributed by atoms with E-state index in [1.54, 1.807) is 7.11 Å². The second-order valence-corrected chi connectivity index (χ2v) is 4.19. The van der Waals surface area contributed by atoms with Gasteiger partial charge >= 0.3 is 0 Å². The van der Waals surface area contributed by atoms with Crippen LogP contribution in [0.2, 0.25) is 0 Å². The average Bonchev–Trinajstić information content (AvgIpc) is 2.30. The Morgan fingerprint density at radius 2 is 1.94 bits per heavy atom. The first-order chi connectivity index (χ1) is 8.04. The molecule has 17 heavy (non-hydrogen) atoms. The standard InChI is InChI=1S/C11H21NO5/c1-6-9(12-7(2)14)11(16-4)10(15-3)8(5-13)17-6/h6,8-11,13H,5H2,1-4H3,(H,12,14)/t6?,8?,9?,10-,11?/m1/s1. The molecule has 0 aromatic heterocycles. The molecule has 0 aromatic rings. The second kappa shape index (κ2) is 6.30. The molecule has 0 radical (unpaired) electrons. The first-order valence-electron chi connectivity index (χ1n) is 5.64. The summed E-state index contributed by atoms with van der Waals surface area (Å²) in [4.78, 5) is 11.2. The van der Waals surface area contributed by atoms with Gasteiger partial charge in [-0.1, -0.05) is 0 Å². The third-order valence-electron chi connectivity index (χ3n) is 3.03. The van der Waals surface area contributed by atoms with E-state index in [2.05, 4.69) is 5.32 Å². The van der Waals surface area contributed by atoms with Crippen LogP contribution in [0, 0.1) is 0 Å². The van der Waals surface area contributed by atoms with Gasteiger partial charge in [-0.3, -0.25) is 4.79 Å². The van der Waals surface area contributed by atoms with Crippen LogP contribution in [0.1, 0.15) is 13.8 Å². The van der Waals surface area contributed by atoms with E-state index in [0.29, 0.717) is 0 Å². The highest BCUT2D eigenvalue weighted by Gasteiger charge is 2.44. The normalized spacial score (nSPS) is 37.8. The largest absolute Gasteiger partial charge is 0.394 e. The van der Waals surface area contributed by atoms with Crippen molar-refractivity contribution in [3.8, 4) is 0 Å². The van der Waals surface area contributed by atoms with E-state index in [4.69, 9.17) is 14.2 Å². The van der Waals surface area contributed by atoms with E-state index < -0.39 is 12.2 Å². The summed E-state index contributed by atoms with van der Waals surface area (Å²) in [7, 11) is 3.08. The van der Waals surface area contributed by atoms with Gasteiger partial charge in [0.2, 0.25) is 5.91 Å². The highest BCUT2D eigenvalue weighted by molar-refractivity contribution is 5.73. The predicted octanol–water partition coefficient (Wildman–Crippen LogP) is -0.699. The van der Waals surface area contributed by atoms with E-state index in [0.717, 1.165) is 0 Å². The number of ether oxygens (including phenoxy) is 3. The Balaban J connectivity index is 2.86. The van der Waals surface area contributed by atoms with Gasteiger partial charge in [-0.2, -0.15) is 0 Å². The molecule has 6 heteroatoms. The summed E-state index contributed by atoms with van der Waals surface area (Å²) in [5.41, 5.74) is 0. The Bertz CT molecular complexity index is 260. The number of rotatable bonds is 4. The molecule has 0 aromatic carbocycles. The minimum absolute atomic E-state index is 0.143. The Kier molecular flexibility index (Phi) is 5.32. The minimum Gasteiger partial charge on any atom is -0.394 e. The van der Waals surface area contributed by atoms with Crippen LogP contribution >= 0.6 is 0 Å². The topological polar surface area (TPSA) is 77.0 Å². The van der Waals surface area contributed by atoms with Gasteiger partial charge in [-0.15, -0.1) is 0 Å². The predicted molar refractivity (Wildman–Crippen MR) is 60.6 cm³/mol. The number of hydrogen-bond donors (Lipinski definition) is 2. The molecule has 1 fully saturated rings. The molecule has 0 spiro atoms. The third kappa shape index (κ3) is 3.16. The molecule has 2 N–H and O–H groups in total. The summed E-state index contributed by atoms with van der Waals surface area (Å²) in [5.74, 6) is -0.148. The maximum Gasteiger partial charge on any atom is 0.217 e. The molecule has 4 unspecified atom stereocenters. The van der Waals surface area contributed by atoms with Gasteiger partial charge in [0.15, 0.2) is 0 Å². The zero-order valence-corrected chi connectivity index (χ0v) is 10.7. The fourth-order valence-corrected chi connectivity index (χ4v) is 2.27. The van der Waals surface area contributed by atoms with Crippen molar-refractivity contribution < 1.29 is 24.1 Å². The maximum atomic E-state index is 11.2. The van der Waals surface area contributed by atoms with Crippen molar-refractivity contribution in [1.82, 2.24) is 5.32 Å². The lowest BCUT2D eigenvalue weighted by Crippen LogP contribution is -2.64. The van der Waals surface area contributed by atoms with Gasteiger partial charge in [-0.25, -0.2) is 0 Å². The zero-order valence-electron chi connectivity index (χ0n) is 10.7. The number of aliphatic hydroxyl groups is 1. The number of carbonyl (C=O) groups is 1. The van der Waals surface area contributed by atoms with Crippen molar-refractivity contribution in [2.24, 2.45) is 0 Å². The van der Waals surface area contributed by atoms with Gasteiger partial charge in [0.1, 0.15) is 18.3 Å². The van der Waals surface area contributed by atoms with E-state index in [1.165, 1.54) is 14.0 Å². The lowest BCUT2D eigenvalue weighted by molar-refractivity contribution is -0.206. The lowest BCUT2D eigenvalue weighted by Gasteiger charge is -2.44. The second-order valence-electron chi connectivity index (χ2n) is 4.19. The lowest BCUT2D eigenvalue weighted by atomic mass is 9.93. The van der Waals surface area contributed by atoms with E-state index >= 15 is 0 Å². The summed E-state index contributed by atoms with van der Waals surface area (Å²) in [6, 6.07) is -0.287. The van der Waals surface area contributed by atoms with Crippen LogP contribution in [0.25, 0.3) is 0 Å². The van der Waals surface area contributed by atoms with Crippen molar-refractivity contribution in [3.63, 3.8) is 0 Å². The molecule has 1 amide bonds. The first kappa shape index (κ1) is 14.4. The fourth-order valence-electron chi connectivity index (χ4n) is 2.27. The van der Waals surface area contributed by atoms with Crippen LogP contribution in [0.15, 0.2) is 0 Å². The summed E-state index contributed by atoms with van der Waals surface area (Å²) >= 11 is 0. The van der Waals surface area contributed by atoms with Crippen LogP contribution in [0.4, 0.5) is 0 Å². The fraction of sp³-hybridized carbons (Fsp3) is 0.909. The summed E-state index contributed by atoms with van der Waals surface area (Å²) in [6.45, 7) is 3.13. The molecular formula is C11H21NO5. The Labute approximate surface area is 101 Å². The van der Waals surface area contributed by atoms with Gasteiger partial charge in [0.05, 0.1) is 18.8 Å². The van der Waals surface area contributed by atoms with Crippen molar-refractivity contribution in [2.75, 3.05) is 20.8 Å². The number of amides is 1. The van der Waals surface area contributed by atoms with Gasteiger partial charge in [0.25, 0.3) is 0 Å². The quantitative estimate of drug-likeness (QED) is 0.687. The van der Waals surface area contributed by atoms with Crippen LogP contribution in [0.5, 0.6) is 0 Å². The van der Waals surface area contributed by atoms with E-state index in [1.807, 2.05) is 6.92 Å². The molecular weight excluding hydrogens is 226 g/mol. The Hall–Kier alpha value is -0.690. The number of hydrogen-bond acceptors (Lipinski definition) is 5. The Morgan fingerprint density at radius 3 is 2.35 bits per heavy atom. The van der Waals surface area contributed by atoms with Crippen molar-refractivity contribution in [1.29, 1.82) is 0 Å². The SMILES string of the molecule is COC1C(NC(C)=O)C(C)OC(CO)[C@H]1OC. The minimum atomic E-state index is -0.440. The molecule has 0 aliphatic carbocycles. The molecule has 1 rings (SSSR count). The van der Waals surface area contributed by atoms with Crippen molar-refractivity contribution in [3.05, 3.63) is 0 Å². The maximum absolute atomic E-state index is 11.2. The summed E-state index contributed by atoms with van der Waals surface area (Å²) in [6.07, 6.45) is -1.43. The highest BCUT2D eigenvalue weighted by atomic mass is 16.6. The highest BCUT2D eigenvalue weighted by Crippen LogP contribution is 2.24. The third-order valence-corrected chi connectivity index (χ3v) is 3.03. The molecule has 6 nitrogen and oxygen atoms in total. The monoisotopic (exact) mass is 247 g/mol. The van der Waals surface area contributed by atoms with E-state index in [9.17, 15) is 9.90 Å². The number of carbonyl (C=O) groups excluding carboxylic acids is 1. The van der Waals surface area contributed by atoms with Crippen LogP contribution in [0.3, 0.4) is 0 Å². The molecule has 0 bridgehead atoms. The molecule has 1 heterocycles. The molecule has 0 saturated carbocycles. The molecule has 1 aliphatic heterocycles.